The first-order valence-electron chi connectivity index (χ1n) is 6.50. The summed E-state index contributed by atoms with van der Waals surface area (Å²) in [5.41, 5.74) is 11.8. The summed E-state index contributed by atoms with van der Waals surface area (Å²) in [6, 6.07) is 9.91. The summed E-state index contributed by atoms with van der Waals surface area (Å²) < 4.78 is 7.21. The first-order valence-corrected chi connectivity index (χ1v) is 6.50. The number of fused-ring (bicyclic) bond motifs is 1. The number of aromatic nitrogens is 2. The van der Waals surface area contributed by atoms with Gasteiger partial charge in [-0.3, -0.25) is 0 Å². The van der Waals surface area contributed by atoms with Crippen LogP contribution in [0, 0.1) is 13.8 Å². The van der Waals surface area contributed by atoms with E-state index in [2.05, 4.69) is 0 Å². The van der Waals surface area contributed by atoms with Gasteiger partial charge in [0.15, 0.2) is 5.65 Å². The van der Waals surface area contributed by atoms with Crippen LogP contribution in [0.3, 0.4) is 0 Å². The number of nitrogens with two attached hydrogens (primary N) is 1. The fourth-order valence-corrected chi connectivity index (χ4v) is 2.36. The van der Waals surface area contributed by atoms with Gasteiger partial charge in [0.1, 0.15) is 5.75 Å². The number of methoxy groups -OCH3 is 1. The van der Waals surface area contributed by atoms with Crippen LogP contribution in [0.25, 0.3) is 16.9 Å². The number of hydrogen-bond acceptors (Lipinski definition) is 3. The quantitative estimate of drug-likeness (QED) is 0.775. The highest BCUT2D eigenvalue weighted by molar-refractivity contribution is 5.75. The number of rotatable bonds is 2. The van der Waals surface area contributed by atoms with Crippen molar-refractivity contribution in [2.75, 3.05) is 12.8 Å². The number of ether oxygens (including phenoxy) is 1. The molecular weight excluding hydrogens is 250 g/mol. The number of nitrogen functional groups attached to an aromatic ring is 1. The van der Waals surface area contributed by atoms with Gasteiger partial charge < -0.3 is 14.9 Å². The average Bonchev–Trinajstić information content (AvgIpc) is 2.81. The van der Waals surface area contributed by atoms with E-state index in [0.29, 0.717) is 0 Å². The predicted octanol–water partition coefficient (Wildman–Crippen LogP) is 3.21. The molecule has 0 radical (unpaired) electrons. The number of benzene rings is 1. The number of pyridine rings is 1. The topological polar surface area (TPSA) is 52.5 Å². The monoisotopic (exact) mass is 267 g/mol. The third kappa shape index (κ3) is 1.81. The molecule has 3 rings (SSSR count). The Morgan fingerprint density at radius 1 is 1.10 bits per heavy atom. The van der Waals surface area contributed by atoms with Crippen LogP contribution >= 0.6 is 0 Å². The molecule has 0 aliphatic carbocycles. The van der Waals surface area contributed by atoms with Gasteiger partial charge in [-0.15, -0.1) is 0 Å². The molecule has 2 N–H and O–H groups in total. The third-order valence-corrected chi connectivity index (χ3v) is 3.65. The van der Waals surface area contributed by atoms with Crippen molar-refractivity contribution >= 4 is 11.3 Å². The van der Waals surface area contributed by atoms with Crippen LogP contribution in [-0.4, -0.2) is 16.5 Å². The van der Waals surface area contributed by atoms with E-state index < -0.39 is 0 Å². The SMILES string of the molecule is COc1ccc(-c2nc3c(N)c(C)ccn3c2C)cc1. The van der Waals surface area contributed by atoms with Gasteiger partial charge >= 0.3 is 0 Å². The van der Waals surface area contributed by atoms with Gasteiger partial charge in [-0.05, 0) is 49.7 Å². The Kier molecular flexibility index (Phi) is 2.86. The molecule has 0 fully saturated rings. The molecule has 0 aliphatic heterocycles. The fraction of sp³-hybridized carbons (Fsp3) is 0.188. The maximum absolute atomic E-state index is 6.12. The second-order valence-corrected chi connectivity index (χ2v) is 4.88. The van der Waals surface area contributed by atoms with Crippen LogP contribution in [0.2, 0.25) is 0 Å². The van der Waals surface area contributed by atoms with Crippen molar-refractivity contribution < 1.29 is 4.74 Å². The minimum atomic E-state index is 0.732. The molecule has 0 saturated heterocycles. The smallest absolute Gasteiger partial charge is 0.161 e. The molecule has 3 aromatic rings. The number of imidazole rings is 1. The largest absolute Gasteiger partial charge is 0.497 e. The normalized spacial score (nSPS) is 10.9. The number of aryl methyl sites for hydroxylation is 2. The van der Waals surface area contributed by atoms with Crippen molar-refractivity contribution in [3.63, 3.8) is 0 Å². The number of hydrogen-bond donors (Lipinski definition) is 1. The molecular formula is C16H17N3O. The van der Waals surface area contributed by atoms with Gasteiger partial charge in [-0.25, -0.2) is 4.98 Å². The summed E-state index contributed by atoms with van der Waals surface area (Å²) in [4.78, 5) is 4.70. The summed E-state index contributed by atoms with van der Waals surface area (Å²) in [6.45, 7) is 4.04. The van der Waals surface area contributed by atoms with E-state index in [1.54, 1.807) is 7.11 Å². The van der Waals surface area contributed by atoms with Crippen LogP contribution in [0.15, 0.2) is 36.5 Å². The molecule has 4 nitrogen and oxygen atoms in total. The Morgan fingerprint density at radius 3 is 2.45 bits per heavy atom. The van der Waals surface area contributed by atoms with E-state index >= 15 is 0 Å². The minimum absolute atomic E-state index is 0.732. The molecule has 2 heterocycles. The van der Waals surface area contributed by atoms with Crippen molar-refractivity contribution in [3.05, 3.63) is 47.8 Å². The zero-order chi connectivity index (χ0) is 14.3. The van der Waals surface area contributed by atoms with E-state index in [1.165, 1.54) is 0 Å². The molecule has 0 atom stereocenters. The highest BCUT2D eigenvalue weighted by Crippen LogP contribution is 2.28. The van der Waals surface area contributed by atoms with Crippen molar-refractivity contribution in [1.82, 2.24) is 9.38 Å². The molecule has 102 valence electrons. The van der Waals surface area contributed by atoms with Gasteiger partial charge in [0.2, 0.25) is 0 Å². The summed E-state index contributed by atoms with van der Waals surface area (Å²) >= 11 is 0. The van der Waals surface area contributed by atoms with Crippen molar-refractivity contribution in [2.45, 2.75) is 13.8 Å². The van der Waals surface area contributed by atoms with E-state index in [-0.39, 0.29) is 0 Å². The molecule has 0 aliphatic rings. The number of nitrogens with zero attached hydrogens (tertiary/aromatic N) is 2. The van der Waals surface area contributed by atoms with E-state index in [9.17, 15) is 0 Å². The van der Waals surface area contributed by atoms with Gasteiger partial charge in [0.05, 0.1) is 18.5 Å². The van der Waals surface area contributed by atoms with Gasteiger partial charge in [-0.2, -0.15) is 0 Å². The molecule has 2 aromatic heterocycles. The Balaban J connectivity index is 2.20. The first-order chi connectivity index (χ1) is 9.61. The Bertz CT molecular complexity index is 773. The Hall–Kier alpha value is -2.49. The highest BCUT2D eigenvalue weighted by atomic mass is 16.5. The van der Waals surface area contributed by atoms with Crippen molar-refractivity contribution in [1.29, 1.82) is 0 Å². The zero-order valence-corrected chi connectivity index (χ0v) is 11.8. The minimum Gasteiger partial charge on any atom is -0.497 e. The second-order valence-electron chi connectivity index (χ2n) is 4.88. The third-order valence-electron chi connectivity index (χ3n) is 3.65. The summed E-state index contributed by atoms with van der Waals surface area (Å²) in [6.07, 6.45) is 2.01. The number of anilines is 1. The molecule has 0 spiro atoms. The Labute approximate surface area is 117 Å². The lowest BCUT2D eigenvalue weighted by Crippen LogP contribution is -1.96. The first kappa shape index (κ1) is 12.5. The Morgan fingerprint density at radius 2 is 1.80 bits per heavy atom. The maximum atomic E-state index is 6.12. The van der Waals surface area contributed by atoms with Crippen LogP contribution in [0.1, 0.15) is 11.3 Å². The average molecular weight is 267 g/mol. The summed E-state index contributed by atoms with van der Waals surface area (Å²) in [7, 11) is 1.66. The molecule has 0 saturated carbocycles. The van der Waals surface area contributed by atoms with Gasteiger partial charge in [-0.1, -0.05) is 0 Å². The van der Waals surface area contributed by atoms with Crippen LogP contribution in [0.4, 0.5) is 5.69 Å². The summed E-state index contributed by atoms with van der Waals surface area (Å²) in [5.74, 6) is 0.838. The van der Waals surface area contributed by atoms with Crippen molar-refractivity contribution in [2.24, 2.45) is 0 Å². The standard InChI is InChI=1S/C16H17N3O/c1-10-8-9-19-11(2)15(18-16(19)14(10)17)12-4-6-13(20-3)7-5-12/h4-9H,17H2,1-3H3. The lowest BCUT2D eigenvalue weighted by atomic mass is 10.1. The fourth-order valence-electron chi connectivity index (χ4n) is 2.36. The lowest BCUT2D eigenvalue weighted by Gasteiger charge is -2.03. The van der Waals surface area contributed by atoms with Gasteiger partial charge in [0.25, 0.3) is 0 Å². The predicted molar refractivity (Wildman–Crippen MR) is 81.1 cm³/mol. The summed E-state index contributed by atoms with van der Waals surface area (Å²) in [5, 5.41) is 0. The lowest BCUT2D eigenvalue weighted by molar-refractivity contribution is 0.415. The van der Waals surface area contributed by atoms with E-state index in [0.717, 1.165) is 39.6 Å². The van der Waals surface area contributed by atoms with Crippen LogP contribution in [0.5, 0.6) is 5.75 Å². The molecule has 0 amide bonds. The molecule has 0 unspecified atom stereocenters. The zero-order valence-electron chi connectivity index (χ0n) is 11.8. The molecule has 0 bridgehead atoms. The van der Waals surface area contributed by atoms with Crippen LogP contribution < -0.4 is 10.5 Å². The van der Waals surface area contributed by atoms with Crippen LogP contribution in [-0.2, 0) is 0 Å². The highest BCUT2D eigenvalue weighted by Gasteiger charge is 2.13. The van der Waals surface area contributed by atoms with E-state index in [1.807, 2.05) is 54.8 Å². The molecule has 20 heavy (non-hydrogen) atoms. The van der Waals surface area contributed by atoms with Gasteiger partial charge in [0, 0.05) is 17.5 Å². The van der Waals surface area contributed by atoms with Crippen molar-refractivity contribution in [3.8, 4) is 17.0 Å². The second kappa shape index (κ2) is 4.56. The van der Waals surface area contributed by atoms with E-state index in [4.69, 9.17) is 15.5 Å². The molecule has 4 heteroatoms. The maximum Gasteiger partial charge on any atom is 0.161 e. The molecule has 1 aromatic carbocycles.